The second-order valence-electron chi connectivity index (χ2n) is 9.89. The van der Waals surface area contributed by atoms with E-state index in [1.54, 1.807) is 6.92 Å². The maximum atomic E-state index is 13.4. The molecule has 35 heavy (non-hydrogen) atoms. The molecule has 12 heteroatoms. The average molecular weight is 528 g/mol. The number of aromatic nitrogens is 1. The first kappa shape index (κ1) is 26.2. The molecule has 2 aliphatic carbocycles. The van der Waals surface area contributed by atoms with Crippen LogP contribution in [0.1, 0.15) is 82.7 Å². The summed E-state index contributed by atoms with van der Waals surface area (Å²) in [5, 5.41) is 3.18. The smallest absolute Gasteiger partial charge is 0.324 e. The summed E-state index contributed by atoms with van der Waals surface area (Å²) >= 11 is 0.932. The average Bonchev–Trinajstić information content (AvgIpc) is 3.21. The van der Waals surface area contributed by atoms with Gasteiger partial charge in [-0.15, -0.1) is 0 Å². The molecule has 2 heterocycles. The Hall–Kier alpha value is -1.92. The molecule has 196 valence electrons. The number of hydrogen-bond acceptors (Lipinski definition) is 7. The first-order chi connectivity index (χ1) is 16.7. The molecule has 10 nitrogen and oxygen atoms in total. The number of aryl methyl sites for hydroxylation is 1. The van der Waals surface area contributed by atoms with Gasteiger partial charge < -0.3 is 15.5 Å². The van der Waals surface area contributed by atoms with Gasteiger partial charge >= 0.3 is 22.2 Å². The van der Waals surface area contributed by atoms with E-state index in [0.29, 0.717) is 31.6 Å². The quantitative estimate of drug-likeness (QED) is 0.532. The second-order valence-corrected chi connectivity index (χ2v) is 12.7. The lowest BCUT2D eigenvalue weighted by Crippen LogP contribution is -2.50. The summed E-state index contributed by atoms with van der Waals surface area (Å²) in [6, 6.07) is -0.238. The monoisotopic (exact) mass is 527 g/mol. The number of carbonyl (C=O) groups is 2. The number of nitrogens with zero attached hydrogens (tertiary/aromatic N) is 3. The van der Waals surface area contributed by atoms with Crippen LogP contribution >= 0.6 is 11.3 Å². The summed E-state index contributed by atoms with van der Waals surface area (Å²) in [6.07, 6.45) is 11.3. The molecule has 4 rings (SSSR count). The summed E-state index contributed by atoms with van der Waals surface area (Å²) in [5.41, 5.74) is 5.60. The van der Waals surface area contributed by atoms with Gasteiger partial charge in [0.1, 0.15) is 0 Å². The molecule has 0 bridgehead atoms. The Morgan fingerprint density at radius 2 is 1.54 bits per heavy atom. The van der Waals surface area contributed by atoms with Crippen LogP contribution in [0.2, 0.25) is 0 Å². The molecule has 0 spiro atoms. The Morgan fingerprint density at radius 3 is 2.06 bits per heavy atom. The molecular weight excluding hydrogens is 490 g/mol. The molecule has 2 saturated carbocycles. The van der Waals surface area contributed by atoms with E-state index in [1.807, 2.05) is 4.90 Å². The fraction of sp³-hybridized carbons (Fsp3) is 0.783. The van der Waals surface area contributed by atoms with Crippen LogP contribution < -0.4 is 11.1 Å². The standard InChI is InChI=1S/C23H37N5O5S2/c1-16-20(35(31,32)33-19-12-14-27(15-13-19)21(24)29)34-22(25-16)26-23(30)28(17-8-4-2-5-9-17)18-10-6-3-7-11-18/h17-19H,2-15H2,1H3,(H2,24,29)(H,25,26,30). The summed E-state index contributed by atoms with van der Waals surface area (Å²) in [7, 11) is -4.05. The predicted octanol–water partition coefficient (Wildman–Crippen LogP) is 4.20. The zero-order valence-corrected chi connectivity index (χ0v) is 22.0. The van der Waals surface area contributed by atoms with Crippen molar-refractivity contribution in [2.75, 3.05) is 18.4 Å². The highest BCUT2D eigenvalue weighted by Crippen LogP contribution is 2.33. The van der Waals surface area contributed by atoms with Gasteiger partial charge in [0.15, 0.2) is 9.34 Å². The number of thiazole rings is 1. The van der Waals surface area contributed by atoms with Crippen molar-refractivity contribution in [1.82, 2.24) is 14.8 Å². The molecule has 0 atom stereocenters. The van der Waals surface area contributed by atoms with Crippen LogP contribution in [-0.2, 0) is 14.3 Å². The van der Waals surface area contributed by atoms with E-state index >= 15 is 0 Å². The Kier molecular flexibility index (Phi) is 8.54. The fourth-order valence-corrected chi connectivity index (χ4v) is 8.07. The van der Waals surface area contributed by atoms with Crippen molar-refractivity contribution in [3.8, 4) is 0 Å². The molecule has 0 aromatic carbocycles. The SMILES string of the molecule is Cc1nc(NC(=O)N(C2CCCCC2)C2CCCCC2)sc1S(=O)(=O)OC1CCN(C(N)=O)CC1. The lowest BCUT2D eigenvalue weighted by Gasteiger charge is -2.41. The topological polar surface area (TPSA) is 135 Å². The van der Waals surface area contributed by atoms with Gasteiger partial charge in [0.05, 0.1) is 11.8 Å². The van der Waals surface area contributed by atoms with E-state index in [-0.39, 0.29) is 27.5 Å². The van der Waals surface area contributed by atoms with E-state index in [2.05, 4.69) is 10.3 Å². The first-order valence-corrected chi connectivity index (χ1v) is 15.0. The zero-order valence-electron chi connectivity index (χ0n) is 20.4. The van der Waals surface area contributed by atoms with Crippen molar-refractivity contribution in [3.05, 3.63) is 5.69 Å². The van der Waals surface area contributed by atoms with Crippen molar-refractivity contribution in [1.29, 1.82) is 0 Å². The lowest BCUT2D eigenvalue weighted by molar-refractivity contribution is 0.114. The Labute approximate surface area is 211 Å². The number of nitrogens with two attached hydrogens (primary N) is 1. The maximum Gasteiger partial charge on any atom is 0.324 e. The summed E-state index contributed by atoms with van der Waals surface area (Å²) in [5.74, 6) is 0. The number of urea groups is 2. The van der Waals surface area contributed by atoms with Crippen molar-refractivity contribution in [3.63, 3.8) is 0 Å². The minimum atomic E-state index is -4.05. The third kappa shape index (κ3) is 6.45. The molecule has 0 unspecified atom stereocenters. The Morgan fingerprint density at radius 1 is 1.00 bits per heavy atom. The molecule has 3 aliphatic rings. The van der Waals surface area contributed by atoms with Crippen LogP contribution in [0.3, 0.4) is 0 Å². The molecular formula is C23H37N5O5S2. The molecule has 4 amide bonds. The van der Waals surface area contributed by atoms with E-state index < -0.39 is 22.3 Å². The van der Waals surface area contributed by atoms with Gasteiger partial charge in [-0.25, -0.2) is 14.6 Å². The van der Waals surface area contributed by atoms with Gasteiger partial charge in [-0.05, 0) is 45.4 Å². The van der Waals surface area contributed by atoms with Crippen molar-refractivity contribution >= 4 is 38.6 Å². The highest BCUT2D eigenvalue weighted by atomic mass is 32.3. The predicted molar refractivity (Wildman–Crippen MR) is 134 cm³/mol. The second kappa shape index (κ2) is 11.4. The van der Waals surface area contributed by atoms with Crippen LogP contribution in [0, 0.1) is 6.92 Å². The molecule has 1 saturated heterocycles. The number of rotatable bonds is 6. The van der Waals surface area contributed by atoms with E-state index in [4.69, 9.17) is 9.92 Å². The van der Waals surface area contributed by atoms with Crippen LogP contribution in [-0.4, -0.2) is 66.5 Å². The highest BCUT2D eigenvalue weighted by Gasteiger charge is 2.34. The number of anilines is 1. The number of carbonyl (C=O) groups excluding carboxylic acids is 2. The van der Waals surface area contributed by atoms with Crippen LogP contribution in [0.5, 0.6) is 0 Å². The van der Waals surface area contributed by atoms with Gasteiger partial charge in [0.25, 0.3) is 0 Å². The third-order valence-electron chi connectivity index (χ3n) is 7.38. The van der Waals surface area contributed by atoms with E-state index in [1.165, 1.54) is 17.7 Å². The largest absolute Gasteiger partial charge is 0.351 e. The van der Waals surface area contributed by atoms with Crippen molar-refractivity contribution in [2.45, 2.75) is 106 Å². The molecule has 1 aliphatic heterocycles. The normalized spacial score (nSPS) is 21.1. The summed E-state index contributed by atoms with van der Waals surface area (Å²) in [4.78, 5) is 32.6. The van der Waals surface area contributed by atoms with Crippen LogP contribution in [0.25, 0.3) is 0 Å². The number of hydrogen-bond donors (Lipinski definition) is 2. The van der Waals surface area contributed by atoms with Gasteiger partial charge in [-0.2, -0.15) is 8.42 Å². The maximum absolute atomic E-state index is 13.4. The van der Waals surface area contributed by atoms with E-state index in [9.17, 15) is 18.0 Å². The van der Waals surface area contributed by atoms with Crippen LogP contribution in [0.4, 0.5) is 14.7 Å². The third-order valence-corrected chi connectivity index (χ3v) is 10.4. The number of nitrogens with one attached hydrogen (secondary N) is 1. The van der Waals surface area contributed by atoms with Gasteiger partial charge in [-0.3, -0.25) is 9.50 Å². The molecule has 1 aromatic heterocycles. The van der Waals surface area contributed by atoms with Crippen molar-refractivity contribution < 1.29 is 22.2 Å². The van der Waals surface area contributed by atoms with E-state index in [0.717, 1.165) is 62.7 Å². The highest BCUT2D eigenvalue weighted by molar-refractivity contribution is 7.89. The van der Waals surface area contributed by atoms with Crippen LogP contribution in [0.15, 0.2) is 4.21 Å². The minimum Gasteiger partial charge on any atom is -0.351 e. The molecule has 1 aromatic rings. The van der Waals surface area contributed by atoms with Crippen molar-refractivity contribution in [2.24, 2.45) is 5.73 Å². The first-order valence-electron chi connectivity index (χ1n) is 12.8. The number of piperidine rings is 1. The molecule has 0 radical (unpaired) electrons. The number of likely N-dealkylation sites (tertiary alicyclic amines) is 1. The molecule has 3 fully saturated rings. The lowest BCUT2D eigenvalue weighted by atomic mass is 9.89. The summed E-state index contributed by atoms with van der Waals surface area (Å²) < 4.78 is 31.4. The zero-order chi connectivity index (χ0) is 25.0. The minimum absolute atomic E-state index is 0.00649. The van der Waals surface area contributed by atoms with Gasteiger partial charge in [0.2, 0.25) is 0 Å². The molecule has 3 N–H and O–H groups in total. The van der Waals surface area contributed by atoms with Gasteiger partial charge in [-0.1, -0.05) is 49.9 Å². The Bertz CT molecular complexity index is 976. The number of primary amides is 1. The number of amides is 4. The Balaban J connectivity index is 1.43. The van der Waals surface area contributed by atoms with Gasteiger partial charge in [0, 0.05) is 25.2 Å². The summed E-state index contributed by atoms with van der Waals surface area (Å²) in [6.45, 7) is 2.32. The fourth-order valence-electron chi connectivity index (χ4n) is 5.57.